The van der Waals surface area contributed by atoms with Gasteiger partial charge in [0.1, 0.15) is 4.99 Å². The zero-order valence-electron chi connectivity index (χ0n) is 9.05. The quantitative estimate of drug-likeness (QED) is 0.820. The van der Waals surface area contributed by atoms with Crippen molar-refractivity contribution < 1.29 is 0 Å². The van der Waals surface area contributed by atoms with Crippen LogP contribution in [0.5, 0.6) is 0 Å². The Balaban J connectivity index is 2.26. The van der Waals surface area contributed by atoms with Crippen LogP contribution in [0.25, 0.3) is 0 Å². The highest BCUT2D eigenvalue weighted by Gasteiger charge is 2.02. The van der Waals surface area contributed by atoms with E-state index in [-0.39, 0.29) is 0 Å². The first kappa shape index (κ1) is 10.8. The SMILES string of the molecule is Cc1cc(C(N)=S)ccc1Cn1cccn1. The molecule has 0 bridgehead atoms. The maximum absolute atomic E-state index is 5.58. The molecule has 0 radical (unpaired) electrons. The highest BCUT2D eigenvalue weighted by molar-refractivity contribution is 7.80. The summed E-state index contributed by atoms with van der Waals surface area (Å²) in [5, 5.41) is 4.18. The minimum absolute atomic E-state index is 0.439. The molecule has 0 amide bonds. The molecule has 0 atom stereocenters. The number of thiocarbonyl (C=S) groups is 1. The van der Waals surface area contributed by atoms with Crippen molar-refractivity contribution in [3.05, 3.63) is 53.3 Å². The molecule has 1 aromatic heterocycles. The Bertz CT molecular complexity index is 503. The van der Waals surface area contributed by atoms with E-state index in [1.54, 1.807) is 6.20 Å². The van der Waals surface area contributed by atoms with Crippen molar-refractivity contribution >= 4 is 17.2 Å². The second-order valence-electron chi connectivity index (χ2n) is 3.71. The number of nitrogens with zero attached hydrogens (tertiary/aromatic N) is 2. The normalized spacial score (nSPS) is 10.3. The lowest BCUT2D eigenvalue weighted by atomic mass is 10.1. The van der Waals surface area contributed by atoms with Gasteiger partial charge in [-0.25, -0.2) is 0 Å². The third-order valence-electron chi connectivity index (χ3n) is 2.52. The minimum Gasteiger partial charge on any atom is -0.389 e. The van der Waals surface area contributed by atoms with Crippen LogP contribution in [0.3, 0.4) is 0 Å². The van der Waals surface area contributed by atoms with Crippen molar-refractivity contribution in [1.82, 2.24) is 9.78 Å². The molecule has 0 aliphatic heterocycles. The molecule has 2 aromatic rings. The van der Waals surface area contributed by atoms with E-state index in [9.17, 15) is 0 Å². The predicted octanol–water partition coefficient (Wildman–Crippen LogP) is 1.87. The van der Waals surface area contributed by atoms with Gasteiger partial charge in [-0.15, -0.1) is 0 Å². The second-order valence-corrected chi connectivity index (χ2v) is 4.15. The molecule has 2 N–H and O–H groups in total. The van der Waals surface area contributed by atoms with Gasteiger partial charge in [0.15, 0.2) is 0 Å². The van der Waals surface area contributed by atoms with Crippen LogP contribution in [-0.4, -0.2) is 14.8 Å². The number of aryl methyl sites for hydroxylation is 1. The largest absolute Gasteiger partial charge is 0.389 e. The summed E-state index contributed by atoms with van der Waals surface area (Å²) in [5.74, 6) is 0. The van der Waals surface area contributed by atoms with Crippen LogP contribution in [0.4, 0.5) is 0 Å². The standard InChI is InChI=1S/C12H13N3S/c1-9-7-10(12(13)16)3-4-11(9)8-15-6-2-5-14-15/h2-7H,8H2,1H3,(H2,13,16). The number of benzene rings is 1. The molecule has 0 aliphatic carbocycles. The van der Waals surface area contributed by atoms with Crippen molar-refractivity contribution in [2.45, 2.75) is 13.5 Å². The lowest BCUT2D eigenvalue weighted by Gasteiger charge is -2.08. The number of hydrogen-bond donors (Lipinski definition) is 1. The van der Waals surface area contributed by atoms with E-state index in [2.05, 4.69) is 12.0 Å². The summed E-state index contributed by atoms with van der Waals surface area (Å²) in [6.45, 7) is 2.83. The molecule has 0 fully saturated rings. The first-order chi connectivity index (χ1) is 7.66. The van der Waals surface area contributed by atoms with Crippen LogP contribution >= 0.6 is 12.2 Å². The van der Waals surface area contributed by atoms with Crippen molar-refractivity contribution in [2.24, 2.45) is 5.73 Å². The molecule has 4 heteroatoms. The number of hydrogen-bond acceptors (Lipinski definition) is 2. The van der Waals surface area contributed by atoms with Gasteiger partial charge >= 0.3 is 0 Å². The van der Waals surface area contributed by atoms with Gasteiger partial charge in [0.05, 0.1) is 6.54 Å². The average Bonchev–Trinajstić information content (AvgIpc) is 2.73. The van der Waals surface area contributed by atoms with E-state index >= 15 is 0 Å². The van der Waals surface area contributed by atoms with E-state index in [1.807, 2.05) is 35.1 Å². The molecular formula is C12H13N3S. The van der Waals surface area contributed by atoms with Gasteiger partial charge in [-0.05, 0) is 30.2 Å². The van der Waals surface area contributed by atoms with E-state index in [0.29, 0.717) is 4.99 Å². The fourth-order valence-corrected chi connectivity index (χ4v) is 1.72. The Labute approximate surface area is 99.9 Å². The minimum atomic E-state index is 0.439. The van der Waals surface area contributed by atoms with Gasteiger partial charge in [-0.2, -0.15) is 5.10 Å². The first-order valence-electron chi connectivity index (χ1n) is 5.03. The molecular weight excluding hydrogens is 218 g/mol. The molecule has 16 heavy (non-hydrogen) atoms. The maximum atomic E-state index is 5.58. The van der Waals surface area contributed by atoms with E-state index < -0.39 is 0 Å². The molecule has 0 saturated carbocycles. The van der Waals surface area contributed by atoms with Crippen LogP contribution in [0, 0.1) is 6.92 Å². The van der Waals surface area contributed by atoms with Crippen molar-refractivity contribution in [2.75, 3.05) is 0 Å². The fourth-order valence-electron chi connectivity index (χ4n) is 1.60. The number of rotatable bonds is 3. The zero-order chi connectivity index (χ0) is 11.5. The Morgan fingerprint density at radius 1 is 1.50 bits per heavy atom. The zero-order valence-corrected chi connectivity index (χ0v) is 9.87. The summed E-state index contributed by atoms with van der Waals surface area (Å²) in [5.41, 5.74) is 8.90. The molecule has 3 nitrogen and oxygen atoms in total. The van der Waals surface area contributed by atoms with E-state index in [0.717, 1.165) is 12.1 Å². The summed E-state index contributed by atoms with van der Waals surface area (Å²) in [4.78, 5) is 0.439. The third kappa shape index (κ3) is 2.28. The van der Waals surface area contributed by atoms with Gasteiger partial charge in [0.2, 0.25) is 0 Å². The van der Waals surface area contributed by atoms with Crippen LogP contribution in [-0.2, 0) is 6.54 Å². The topological polar surface area (TPSA) is 43.8 Å². The van der Waals surface area contributed by atoms with Crippen molar-refractivity contribution in [3.8, 4) is 0 Å². The van der Waals surface area contributed by atoms with E-state index in [4.69, 9.17) is 18.0 Å². The number of nitrogens with two attached hydrogens (primary N) is 1. The third-order valence-corrected chi connectivity index (χ3v) is 2.75. The Hall–Kier alpha value is -1.68. The monoisotopic (exact) mass is 231 g/mol. The predicted molar refractivity (Wildman–Crippen MR) is 68.4 cm³/mol. The van der Waals surface area contributed by atoms with Gasteiger partial charge in [-0.1, -0.05) is 24.4 Å². The van der Waals surface area contributed by atoms with Gasteiger partial charge < -0.3 is 5.73 Å². The number of aromatic nitrogens is 2. The van der Waals surface area contributed by atoms with Gasteiger partial charge in [0.25, 0.3) is 0 Å². The molecule has 0 spiro atoms. The maximum Gasteiger partial charge on any atom is 0.103 e. The summed E-state index contributed by atoms with van der Waals surface area (Å²) >= 11 is 4.94. The molecule has 82 valence electrons. The Morgan fingerprint density at radius 3 is 2.88 bits per heavy atom. The Morgan fingerprint density at radius 2 is 2.31 bits per heavy atom. The molecule has 0 aliphatic rings. The summed E-state index contributed by atoms with van der Waals surface area (Å²) < 4.78 is 1.89. The Kier molecular flexibility index (Phi) is 3.01. The first-order valence-corrected chi connectivity index (χ1v) is 5.44. The van der Waals surface area contributed by atoms with Crippen molar-refractivity contribution in [1.29, 1.82) is 0 Å². The van der Waals surface area contributed by atoms with Gasteiger partial charge in [-0.3, -0.25) is 4.68 Å². The van der Waals surface area contributed by atoms with Gasteiger partial charge in [0, 0.05) is 18.0 Å². The molecule has 1 aromatic carbocycles. The van der Waals surface area contributed by atoms with E-state index in [1.165, 1.54) is 11.1 Å². The summed E-state index contributed by atoms with van der Waals surface area (Å²) in [6.07, 6.45) is 3.72. The van der Waals surface area contributed by atoms with Crippen LogP contribution in [0.2, 0.25) is 0 Å². The summed E-state index contributed by atoms with van der Waals surface area (Å²) in [7, 11) is 0. The van der Waals surface area contributed by atoms with Crippen LogP contribution < -0.4 is 5.73 Å². The van der Waals surface area contributed by atoms with Crippen LogP contribution in [0.15, 0.2) is 36.7 Å². The molecule has 0 unspecified atom stereocenters. The molecule has 1 heterocycles. The second kappa shape index (κ2) is 4.45. The average molecular weight is 231 g/mol. The summed E-state index contributed by atoms with van der Waals surface area (Å²) in [6, 6.07) is 7.93. The lowest BCUT2D eigenvalue weighted by Crippen LogP contribution is -2.10. The van der Waals surface area contributed by atoms with Crippen LogP contribution in [0.1, 0.15) is 16.7 Å². The smallest absolute Gasteiger partial charge is 0.103 e. The highest BCUT2D eigenvalue weighted by Crippen LogP contribution is 2.12. The highest BCUT2D eigenvalue weighted by atomic mass is 32.1. The fraction of sp³-hybridized carbons (Fsp3) is 0.167. The van der Waals surface area contributed by atoms with Crippen molar-refractivity contribution in [3.63, 3.8) is 0 Å². The lowest BCUT2D eigenvalue weighted by molar-refractivity contribution is 0.684. The molecule has 2 rings (SSSR count). The molecule has 0 saturated heterocycles.